The average Bonchev–Trinajstić information content (AvgIpc) is 3.81. The topological polar surface area (TPSA) is 178 Å². The molecule has 5 aromatic rings. The van der Waals surface area contributed by atoms with Gasteiger partial charge in [0.1, 0.15) is 69.1 Å². The Balaban J connectivity index is 0.000000254. The maximum absolute atomic E-state index is 3.99. The second kappa shape index (κ2) is 20.0. The molecule has 6 heterocycles. The minimum Gasteiger partial charge on any atom is -0.268 e. The first kappa shape index (κ1) is 35.1. The number of hydrogen-bond acceptors (Lipinski definition) is 12. The molecule has 1 aliphatic rings. The molecule has 0 amide bonds. The lowest BCUT2D eigenvalue weighted by atomic mass is 10.1. The zero-order valence-corrected chi connectivity index (χ0v) is 25.9. The molecule has 42 heavy (non-hydrogen) atoms. The van der Waals surface area contributed by atoms with Crippen LogP contribution in [-0.2, 0) is 26.2 Å². The number of aromatic nitrogens is 15. The first-order chi connectivity index (χ1) is 20.0. The quantitative estimate of drug-likeness (QED) is 0.300. The average molecular weight is 582 g/mol. The highest BCUT2D eigenvalue weighted by molar-refractivity contribution is 5.79. The van der Waals surface area contributed by atoms with E-state index in [0.29, 0.717) is 6.04 Å². The predicted molar refractivity (Wildman–Crippen MR) is 160 cm³/mol. The van der Waals surface area contributed by atoms with Crippen LogP contribution in [0.1, 0.15) is 53.4 Å². The van der Waals surface area contributed by atoms with Gasteiger partial charge in [0.25, 0.3) is 0 Å². The summed E-state index contributed by atoms with van der Waals surface area (Å²) in [7, 11) is 3.67. The maximum atomic E-state index is 3.99. The molecule has 0 aliphatic carbocycles. The molecule has 0 unspecified atom stereocenters. The molecule has 17 heteroatoms. The fourth-order valence-corrected chi connectivity index (χ4v) is 2.38. The van der Waals surface area contributed by atoms with Crippen molar-refractivity contribution in [1.29, 1.82) is 0 Å². The highest BCUT2D eigenvalue weighted by Gasteiger charge is 2.11. The van der Waals surface area contributed by atoms with Crippen molar-refractivity contribution < 1.29 is 0 Å². The van der Waals surface area contributed by atoms with Crippen molar-refractivity contribution in [2.75, 3.05) is 6.54 Å². The maximum Gasteiger partial charge on any atom is 0.147 e. The molecule has 0 atom stereocenters. The Bertz CT molecular complexity index is 1280. The van der Waals surface area contributed by atoms with Crippen LogP contribution in [-0.4, -0.2) is 92.9 Å². The lowest BCUT2D eigenvalue weighted by Crippen LogP contribution is -2.21. The van der Waals surface area contributed by atoms with Gasteiger partial charge in [0.05, 0.1) is 12.1 Å². The van der Waals surface area contributed by atoms with Gasteiger partial charge in [0.2, 0.25) is 0 Å². The molecule has 228 valence electrons. The fraction of sp³-hybridized carbons (Fsp3) is 0.520. The Morgan fingerprint density at radius 2 is 1.43 bits per heavy atom. The molecular weight excluding hydrogens is 538 g/mol. The third kappa shape index (κ3) is 16.9. The first-order valence-corrected chi connectivity index (χ1v) is 13.1. The molecule has 5 aromatic heterocycles. The molecular formula is C25H43N17. The smallest absolute Gasteiger partial charge is 0.147 e. The molecule has 0 saturated carbocycles. The minimum atomic E-state index is 0.0660. The largest absolute Gasteiger partial charge is 0.268 e. The number of aryl methyl sites for hydroxylation is 4. The lowest BCUT2D eigenvalue weighted by molar-refractivity contribution is 0.354. The SMILES string of the molecule is C1=NC=NC1.CC(C)(C)n1cncn1.CC(C)n1cncn1.CCn1cncn1.Cc1ncn(C)n1.Cn1cncn1. The molecule has 0 N–H and O–H groups in total. The van der Waals surface area contributed by atoms with E-state index in [0.717, 1.165) is 18.9 Å². The van der Waals surface area contributed by atoms with Crippen molar-refractivity contribution in [2.45, 2.75) is 66.6 Å². The molecule has 17 nitrogen and oxygen atoms in total. The van der Waals surface area contributed by atoms with Gasteiger partial charge < -0.3 is 0 Å². The highest BCUT2D eigenvalue weighted by Crippen LogP contribution is 2.09. The Morgan fingerprint density at radius 1 is 0.786 bits per heavy atom. The summed E-state index contributed by atoms with van der Waals surface area (Å²) in [6.07, 6.45) is 17.9. The van der Waals surface area contributed by atoms with Gasteiger partial charge in [-0.3, -0.25) is 23.7 Å². The third-order valence-corrected chi connectivity index (χ3v) is 4.55. The van der Waals surface area contributed by atoms with Crippen LogP contribution in [0.15, 0.2) is 66.9 Å². The zero-order chi connectivity index (χ0) is 31.2. The highest BCUT2D eigenvalue weighted by atomic mass is 15.3. The van der Waals surface area contributed by atoms with Crippen LogP contribution in [0.2, 0.25) is 0 Å². The molecule has 1 aliphatic heterocycles. The van der Waals surface area contributed by atoms with Crippen molar-refractivity contribution in [1.82, 2.24) is 73.8 Å². The van der Waals surface area contributed by atoms with Crippen LogP contribution >= 0.6 is 0 Å². The van der Waals surface area contributed by atoms with Crippen LogP contribution in [0.25, 0.3) is 0 Å². The van der Waals surface area contributed by atoms with Gasteiger partial charge in [-0.2, -0.15) is 25.5 Å². The van der Waals surface area contributed by atoms with Crippen LogP contribution in [0, 0.1) is 6.92 Å². The van der Waals surface area contributed by atoms with Crippen LogP contribution < -0.4 is 0 Å². The minimum absolute atomic E-state index is 0.0660. The lowest BCUT2D eigenvalue weighted by Gasteiger charge is -2.17. The van der Waals surface area contributed by atoms with Crippen molar-refractivity contribution in [2.24, 2.45) is 24.1 Å². The molecule has 6 rings (SSSR count). The molecule has 0 aromatic carbocycles. The summed E-state index contributed by atoms with van der Waals surface area (Å²) in [4.78, 5) is 26.3. The predicted octanol–water partition coefficient (Wildman–Crippen LogP) is 2.23. The first-order valence-electron chi connectivity index (χ1n) is 13.1. The van der Waals surface area contributed by atoms with Crippen molar-refractivity contribution in [3.63, 3.8) is 0 Å². The van der Waals surface area contributed by atoms with Gasteiger partial charge in [-0.05, 0) is 48.5 Å². The van der Waals surface area contributed by atoms with E-state index in [-0.39, 0.29) is 5.54 Å². The van der Waals surface area contributed by atoms with Gasteiger partial charge in [-0.15, -0.1) is 0 Å². The molecule has 0 bridgehead atoms. The number of nitrogens with zero attached hydrogens (tertiary/aromatic N) is 17. The summed E-state index contributed by atoms with van der Waals surface area (Å²) in [5.41, 5.74) is 0.0660. The van der Waals surface area contributed by atoms with Gasteiger partial charge in [0.15, 0.2) is 0 Å². The monoisotopic (exact) mass is 581 g/mol. The van der Waals surface area contributed by atoms with E-state index < -0.39 is 0 Å². The summed E-state index contributed by atoms with van der Waals surface area (Å²) >= 11 is 0. The summed E-state index contributed by atoms with van der Waals surface area (Å²) in [5.74, 6) is 0.822. The number of hydrogen-bond donors (Lipinski definition) is 0. The number of rotatable bonds is 2. The Labute approximate surface area is 246 Å². The normalized spacial score (nSPS) is 11.0. The van der Waals surface area contributed by atoms with E-state index in [1.54, 1.807) is 75.6 Å². The van der Waals surface area contributed by atoms with Gasteiger partial charge in [-0.1, -0.05) is 0 Å². The van der Waals surface area contributed by atoms with E-state index in [9.17, 15) is 0 Å². The van der Waals surface area contributed by atoms with Gasteiger partial charge in [-0.25, -0.2) is 34.6 Å². The molecule has 0 spiro atoms. The summed E-state index contributed by atoms with van der Waals surface area (Å²) in [6.45, 7) is 15.9. The molecule has 0 saturated heterocycles. The van der Waals surface area contributed by atoms with E-state index in [2.05, 4.69) is 95.0 Å². The fourth-order valence-electron chi connectivity index (χ4n) is 2.38. The van der Waals surface area contributed by atoms with Gasteiger partial charge >= 0.3 is 0 Å². The Kier molecular flexibility index (Phi) is 16.7. The third-order valence-electron chi connectivity index (χ3n) is 4.55. The number of aliphatic imine (C=N–C) groups is 2. The van der Waals surface area contributed by atoms with E-state index in [4.69, 9.17) is 0 Å². The molecule has 0 fully saturated rings. The van der Waals surface area contributed by atoms with Crippen molar-refractivity contribution in [3.8, 4) is 0 Å². The van der Waals surface area contributed by atoms with Gasteiger partial charge in [0, 0.05) is 32.9 Å². The Hall–Kier alpha value is -4.96. The van der Waals surface area contributed by atoms with E-state index >= 15 is 0 Å². The molecule has 0 radical (unpaired) electrons. The van der Waals surface area contributed by atoms with Crippen LogP contribution in [0.3, 0.4) is 0 Å². The summed E-state index contributed by atoms with van der Waals surface area (Å²) < 4.78 is 8.71. The van der Waals surface area contributed by atoms with Crippen LogP contribution in [0.5, 0.6) is 0 Å². The van der Waals surface area contributed by atoms with Crippen LogP contribution in [0.4, 0.5) is 0 Å². The van der Waals surface area contributed by atoms with Crippen molar-refractivity contribution >= 4 is 12.6 Å². The Morgan fingerprint density at radius 3 is 1.64 bits per heavy atom. The van der Waals surface area contributed by atoms with E-state index in [1.165, 1.54) is 12.7 Å². The summed E-state index contributed by atoms with van der Waals surface area (Å²) in [6, 6.07) is 0.428. The standard InChI is InChI=1S/C6H11N3.C5H9N3.2C4H7N3.C3H5N3.C3H4N2/c1-6(2,3)9-5-7-4-8-9;1-5(2)8-4-6-3-7-8;1-4-5-3-7(2)6-4;1-2-7-4-5-3-6-7;1-6-3-4-2-5-6;1-2-5-3-4-1/h4-5H,1-3H3;3-5H,1-2H3;3H,1-2H3;3-4H,2H2,1H3;2-3H,1H3;1,3H,2H2. The second-order valence-electron chi connectivity index (χ2n) is 9.58. The second-order valence-corrected chi connectivity index (χ2v) is 9.58. The zero-order valence-electron chi connectivity index (χ0n) is 25.9. The van der Waals surface area contributed by atoms with Crippen molar-refractivity contribution in [3.05, 3.63) is 62.8 Å². The summed E-state index contributed by atoms with van der Waals surface area (Å²) in [5, 5.41) is 19.4. The van der Waals surface area contributed by atoms with E-state index in [1.807, 2.05) is 32.6 Å².